The summed E-state index contributed by atoms with van der Waals surface area (Å²) in [6.45, 7) is -1.83. The predicted molar refractivity (Wildman–Crippen MR) is 120 cm³/mol. The van der Waals surface area contributed by atoms with Crippen LogP contribution in [0.25, 0.3) is 10.9 Å². The molecule has 0 aliphatic rings. The van der Waals surface area contributed by atoms with Crippen molar-refractivity contribution in [3.8, 4) is 11.5 Å². The number of aromatic amines is 1. The minimum Gasteiger partial charge on any atom is -0.490 e. The first-order chi connectivity index (χ1) is 16.5. The van der Waals surface area contributed by atoms with Crippen molar-refractivity contribution in [3.63, 3.8) is 0 Å². The molecule has 6 heteroatoms. The molecule has 0 spiro atoms. The Bertz CT molecular complexity index is 1040. The van der Waals surface area contributed by atoms with Crippen molar-refractivity contribution >= 4 is 16.9 Å². The number of hydrogen-bond donors (Lipinski definition) is 1. The van der Waals surface area contributed by atoms with E-state index in [9.17, 15) is 9.59 Å². The van der Waals surface area contributed by atoms with Gasteiger partial charge in [-0.3, -0.25) is 4.79 Å². The van der Waals surface area contributed by atoms with Crippen molar-refractivity contribution in [2.45, 2.75) is 72.1 Å². The van der Waals surface area contributed by atoms with Crippen molar-refractivity contribution < 1.29 is 25.9 Å². The molecule has 0 saturated heterocycles. The van der Waals surface area contributed by atoms with Crippen molar-refractivity contribution in [2.75, 3.05) is 19.8 Å². The second-order valence-corrected chi connectivity index (χ2v) is 7.12. The molecule has 0 aliphatic carbocycles. The van der Waals surface area contributed by atoms with E-state index in [4.69, 9.17) is 21.1 Å². The van der Waals surface area contributed by atoms with Crippen LogP contribution in [0.3, 0.4) is 0 Å². The first kappa shape index (κ1) is 17.2. The first-order valence-electron chi connectivity index (χ1n) is 13.2. The molecule has 1 aromatic carbocycles. The number of unbranched alkanes of at least 4 members (excludes halogenated alkanes) is 7. The Labute approximate surface area is 185 Å². The third kappa shape index (κ3) is 6.78. The third-order valence-electron chi connectivity index (χ3n) is 4.86. The van der Waals surface area contributed by atoms with E-state index in [1.54, 1.807) is 6.92 Å². The highest BCUT2D eigenvalue weighted by atomic mass is 16.5. The molecule has 0 saturated carbocycles. The average molecular weight is 423 g/mol. The molecule has 30 heavy (non-hydrogen) atoms. The van der Waals surface area contributed by atoms with Gasteiger partial charge in [-0.2, -0.15) is 0 Å². The normalized spacial score (nSPS) is 14.3. The molecule has 2 rings (SSSR count). The minimum atomic E-state index is -3.04. The summed E-state index contributed by atoms with van der Waals surface area (Å²) in [6.07, 6.45) is 9.98. The number of H-pyrrole nitrogens is 1. The molecule has 1 N–H and O–H groups in total. The Kier molecular flexibility index (Phi) is 7.42. The topological polar surface area (TPSA) is 77.6 Å². The van der Waals surface area contributed by atoms with E-state index >= 15 is 0 Å². The fraction of sp³-hybridized carbons (Fsp3) is 0.583. The zero-order chi connectivity index (χ0) is 26.1. The van der Waals surface area contributed by atoms with E-state index in [-0.39, 0.29) is 41.2 Å². The number of fused-ring (bicyclic) bond motifs is 1. The highest BCUT2D eigenvalue weighted by molar-refractivity contribution is 5.94. The molecule has 0 aliphatic heterocycles. The van der Waals surface area contributed by atoms with Gasteiger partial charge in [-0.1, -0.05) is 51.9 Å². The summed E-state index contributed by atoms with van der Waals surface area (Å²) in [4.78, 5) is 27.8. The van der Waals surface area contributed by atoms with Crippen LogP contribution < -0.4 is 14.9 Å². The van der Waals surface area contributed by atoms with Gasteiger partial charge in [-0.25, -0.2) is 4.79 Å². The van der Waals surface area contributed by atoms with Gasteiger partial charge in [0.05, 0.1) is 33.4 Å². The van der Waals surface area contributed by atoms with E-state index in [2.05, 4.69) is 11.9 Å². The molecule has 1 heterocycles. The van der Waals surface area contributed by atoms with Crippen LogP contribution in [-0.2, 0) is 4.74 Å². The number of benzene rings is 1. The number of carbonyl (C=O) groups excluding carboxylic acids is 1. The number of pyridine rings is 1. The van der Waals surface area contributed by atoms with Gasteiger partial charge in [-0.15, -0.1) is 0 Å². The maximum atomic E-state index is 12.9. The monoisotopic (exact) mass is 422 g/mol. The molecular weight excluding hydrogens is 382 g/mol. The van der Waals surface area contributed by atoms with E-state index < -0.39 is 24.8 Å². The molecule has 0 amide bonds. The summed E-state index contributed by atoms with van der Waals surface area (Å²) in [5.74, 6) is -0.895. The van der Waals surface area contributed by atoms with E-state index in [1.807, 2.05) is 0 Å². The number of esters is 1. The van der Waals surface area contributed by atoms with Gasteiger partial charge in [0.2, 0.25) is 5.43 Å². The van der Waals surface area contributed by atoms with Gasteiger partial charge in [0.1, 0.15) is 5.56 Å². The Morgan fingerprint density at radius 1 is 1.03 bits per heavy atom. The highest BCUT2D eigenvalue weighted by Gasteiger charge is 2.16. The molecule has 0 radical (unpaired) electrons. The molecular formula is C24H35NO5. The zero-order valence-electron chi connectivity index (χ0n) is 22.8. The van der Waals surface area contributed by atoms with Crippen LogP contribution in [0, 0.1) is 0 Å². The lowest BCUT2D eigenvalue weighted by Gasteiger charge is -2.13. The Hall–Kier alpha value is -2.50. The van der Waals surface area contributed by atoms with E-state index in [1.165, 1.54) is 44.0 Å². The second kappa shape index (κ2) is 12.9. The lowest BCUT2D eigenvalue weighted by atomic mass is 10.1. The van der Waals surface area contributed by atoms with Crippen LogP contribution in [0.1, 0.15) is 89.3 Å². The van der Waals surface area contributed by atoms with E-state index in [0.717, 1.165) is 25.7 Å². The van der Waals surface area contributed by atoms with Crippen molar-refractivity contribution in [3.05, 3.63) is 34.1 Å². The predicted octanol–water partition coefficient (Wildman–Crippen LogP) is 5.62. The Balaban J connectivity index is 2.26. The smallest absolute Gasteiger partial charge is 0.343 e. The van der Waals surface area contributed by atoms with Gasteiger partial charge in [0, 0.05) is 16.4 Å². The first-order valence-corrected chi connectivity index (χ1v) is 10.7. The summed E-state index contributed by atoms with van der Waals surface area (Å²) < 4.78 is 53.9. The molecule has 6 nitrogen and oxygen atoms in total. The molecule has 0 bridgehead atoms. The second-order valence-electron chi connectivity index (χ2n) is 7.12. The highest BCUT2D eigenvalue weighted by Crippen LogP contribution is 2.31. The number of aromatic nitrogens is 1. The number of ether oxygens (including phenoxy) is 3. The Morgan fingerprint density at radius 3 is 2.43 bits per heavy atom. The maximum absolute atomic E-state index is 12.9. The summed E-state index contributed by atoms with van der Waals surface area (Å²) in [5.41, 5.74) is -0.529. The van der Waals surface area contributed by atoms with Gasteiger partial charge in [0.15, 0.2) is 11.5 Å². The molecule has 0 unspecified atom stereocenters. The summed E-state index contributed by atoms with van der Waals surface area (Å²) in [7, 11) is 0. The standard InChI is InChI=1S/C24H35NO5/c1-4-7-8-9-10-11-12-13-14-30-21-15-18-20(16-22(21)28-5-2)25-17-19(23(18)26)24(27)29-6-3/h15-17H,4-14H2,1-3H3,(H,25,26)/i2D3,5D2. The lowest BCUT2D eigenvalue weighted by Crippen LogP contribution is -2.18. The average Bonchev–Trinajstić information content (AvgIpc) is 2.78. The number of rotatable bonds is 14. The van der Waals surface area contributed by atoms with Crippen LogP contribution >= 0.6 is 0 Å². The van der Waals surface area contributed by atoms with Crippen LogP contribution in [0.5, 0.6) is 11.5 Å². The van der Waals surface area contributed by atoms with Crippen LogP contribution in [0.4, 0.5) is 0 Å². The number of hydrogen-bond acceptors (Lipinski definition) is 5. The van der Waals surface area contributed by atoms with Gasteiger partial charge in [-0.05, 0) is 26.3 Å². The zero-order valence-corrected chi connectivity index (χ0v) is 17.8. The molecule has 0 atom stereocenters. The molecule has 166 valence electrons. The fourth-order valence-electron chi connectivity index (χ4n) is 3.25. The van der Waals surface area contributed by atoms with Gasteiger partial charge < -0.3 is 19.2 Å². The largest absolute Gasteiger partial charge is 0.490 e. The summed E-state index contributed by atoms with van der Waals surface area (Å²) in [6, 6.07) is 2.64. The maximum Gasteiger partial charge on any atom is 0.343 e. The SMILES string of the molecule is [2H]C([2H])([2H])C([2H])([2H])Oc1cc2[nH]cc(C(=O)OCC)c(=O)c2cc1OCCCCCCCCCC. The number of nitrogens with one attached hydrogen (secondary N) is 1. The van der Waals surface area contributed by atoms with Gasteiger partial charge >= 0.3 is 5.97 Å². The van der Waals surface area contributed by atoms with E-state index in [0.29, 0.717) is 0 Å². The van der Waals surface area contributed by atoms with Crippen molar-refractivity contribution in [1.29, 1.82) is 0 Å². The van der Waals surface area contributed by atoms with Crippen molar-refractivity contribution in [1.82, 2.24) is 4.98 Å². The summed E-state index contributed by atoms with van der Waals surface area (Å²) >= 11 is 0. The minimum absolute atomic E-state index is 0.0279. The molecule has 2 aromatic rings. The Morgan fingerprint density at radius 2 is 1.73 bits per heavy atom. The summed E-state index contributed by atoms with van der Waals surface area (Å²) in [5, 5.41) is 0.114. The molecule has 0 fully saturated rings. The quantitative estimate of drug-likeness (QED) is 0.316. The van der Waals surface area contributed by atoms with Gasteiger partial charge in [0.25, 0.3) is 0 Å². The molecule has 1 aromatic heterocycles. The van der Waals surface area contributed by atoms with Crippen LogP contribution in [-0.4, -0.2) is 30.7 Å². The van der Waals surface area contributed by atoms with Crippen LogP contribution in [0.15, 0.2) is 23.1 Å². The third-order valence-corrected chi connectivity index (χ3v) is 4.86. The lowest BCUT2D eigenvalue weighted by molar-refractivity contribution is 0.0524. The fourth-order valence-corrected chi connectivity index (χ4v) is 3.25. The number of carbonyl (C=O) groups is 1. The van der Waals surface area contributed by atoms with Crippen molar-refractivity contribution in [2.24, 2.45) is 0 Å². The van der Waals surface area contributed by atoms with Crippen LogP contribution in [0.2, 0.25) is 0 Å².